The van der Waals surface area contributed by atoms with Crippen molar-refractivity contribution in [3.63, 3.8) is 0 Å². The van der Waals surface area contributed by atoms with E-state index < -0.39 is 23.8 Å². The fraction of sp³-hybridized carbons (Fsp3) is 0.0690. The number of carbonyl (C=O) groups is 3. The third-order valence-corrected chi connectivity index (χ3v) is 6.40. The van der Waals surface area contributed by atoms with Crippen LogP contribution in [0, 0.1) is 0 Å². The number of nitrogens with zero attached hydrogens (tertiary/aromatic N) is 4. The van der Waals surface area contributed by atoms with E-state index >= 15 is 0 Å². The molecule has 8 nitrogen and oxygen atoms in total. The largest absolute Gasteiger partial charge is 0.324 e. The van der Waals surface area contributed by atoms with Crippen molar-refractivity contribution in [2.75, 3.05) is 5.32 Å². The standard InChI is InChI=1S/C29H21N5O3/c35-26(31-21-13-11-20(12-14-21)24-18-33-16-6-15-30-29(33)32-24)25(17-19-7-2-1-3-8-19)34-27(36)22-9-4-5-10-23(22)28(34)37/h1-16,18,25H,17H2,(H,31,35). The number of hydrogen-bond acceptors (Lipinski definition) is 5. The zero-order chi connectivity index (χ0) is 25.4. The number of aromatic nitrogens is 3. The number of anilines is 1. The third kappa shape index (κ3) is 4.14. The van der Waals surface area contributed by atoms with Crippen LogP contribution in [0.2, 0.25) is 0 Å². The van der Waals surface area contributed by atoms with E-state index in [0.29, 0.717) is 22.6 Å². The molecule has 0 aliphatic carbocycles. The van der Waals surface area contributed by atoms with E-state index in [1.807, 2.05) is 65.3 Å². The molecule has 0 fully saturated rings. The first kappa shape index (κ1) is 22.4. The highest BCUT2D eigenvalue weighted by Crippen LogP contribution is 2.27. The SMILES string of the molecule is O=C(Nc1ccc(-c2cn3cccnc3n2)cc1)C(Cc1ccccc1)N1C(=O)c2ccccc2C1=O. The van der Waals surface area contributed by atoms with Crippen molar-refractivity contribution in [2.24, 2.45) is 0 Å². The quantitative estimate of drug-likeness (QED) is 0.362. The van der Waals surface area contributed by atoms with Crippen molar-refractivity contribution in [1.82, 2.24) is 19.3 Å². The molecule has 0 saturated carbocycles. The van der Waals surface area contributed by atoms with Gasteiger partial charge in [-0.15, -0.1) is 0 Å². The van der Waals surface area contributed by atoms with Crippen molar-refractivity contribution in [3.8, 4) is 11.3 Å². The first-order valence-corrected chi connectivity index (χ1v) is 11.8. The average Bonchev–Trinajstić information content (AvgIpc) is 3.47. The summed E-state index contributed by atoms with van der Waals surface area (Å²) in [5, 5.41) is 2.89. The van der Waals surface area contributed by atoms with Crippen molar-refractivity contribution < 1.29 is 14.4 Å². The number of fused-ring (bicyclic) bond motifs is 2. The Morgan fingerprint density at radius 3 is 2.19 bits per heavy atom. The highest BCUT2D eigenvalue weighted by Gasteiger charge is 2.42. The molecule has 1 unspecified atom stereocenters. The van der Waals surface area contributed by atoms with Gasteiger partial charge in [0.25, 0.3) is 11.8 Å². The van der Waals surface area contributed by atoms with Gasteiger partial charge in [-0.25, -0.2) is 9.97 Å². The van der Waals surface area contributed by atoms with E-state index in [0.717, 1.165) is 21.7 Å². The lowest BCUT2D eigenvalue weighted by molar-refractivity contribution is -0.119. The molecule has 0 spiro atoms. The van der Waals surface area contributed by atoms with Crippen LogP contribution in [0.15, 0.2) is 104 Å². The summed E-state index contributed by atoms with van der Waals surface area (Å²) in [6.45, 7) is 0. The van der Waals surface area contributed by atoms with Crippen molar-refractivity contribution in [3.05, 3.63) is 120 Å². The van der Waals surface area contributed by atoms with Crippen LogP contribution in [-0.2, 0) is 11.2 Å². The van der Waals surface area contributed by atoms with Crippen LogP contribution in [-0.4, -0.2) is 43.0 Å². The molecule has 2 aromatic heterocycles. The summed E-state index contributed by atoms with van der Waals surface area (Å²) in [5.41, 5.74) is 3.63. The second-order valence-corrected chi connectivity index (χ2v) is 8.75. The molecule has 8 heteroatoms. The van der Waals surface area contributed by atoms with Gasteiger partial charge < -0.3 is 5.32 Å². The van der Waals surface area contributed by atoms with Gasteiger partial charge in [0.15, 0.2) is 0 Å². The number of amides is 3. The Kier molecular flexibility index (Phi) is 5.54. The molecule has 6 rings (SSSR count). The van der Waals surface area contributed by atoms with Crippen LogP contribution in [0.25, 0.3) is 17.0 Å². The first-order chi connectivity index (χ1) is 18.1. The van der Waals surface area contributed by atoms with E-state index in [2.05, 4.69) is 15.3 Å². The van der Waals surface area contributed by atoms with Crippen molar-refractivity contribution in [2.45, 2.75) is 12.5 Å². The van der Waals surface area contributed by atoms with Gasteiger partial charge in [-0.1, -0.05) is 54.6 Å². The van der Waals surface area contributed by atoms with E-state index in [1.54, 1.807) is 42.6 Å². The predicted molar refractivity (Wildman–Crippen MR) is 138 cm³/mol. The van der Waals surface area contributed by atoms with Crippen LogP contribution in [0.4, 0.5) is 5.69 Å². The lowest BCUT2D eigenvalue weighted by Gasteiger charge is -2.25. The maximum absolute atomic E-state index is 13.5. The topological polar surface area (TPSA) is 96.7 Å². The molecular weight excluding hydrogens is 466 g/mol. The molecule has 1 N–H and O–H groups in total. The lowest BCUT2D eigenvalue weighted by Crippen LogP contribution is -2.48. The fourth-order valence-corrected chi connectivity index (χ4v) is 4.55. The Morgan fingerprint density at radius 2 is 1.51 bits per heavy atom. The van der Waals surface area contributed by atoms with E-state index in [9.17, 15) is 14.4 Å². The van der Waals surface area contributed by atoms with Crippen molar-refractivity contribution in [1.29, 1.82) is 0 Å². The Labute approximate surface area is 212 Å². The Bertz CT molecular complexity index is 1580. The molecule has 3 aromatic carbocycles. The molecule has 1 aliphatic rings. The number of benzene rings is 3. The maximum atomic E-state index is 13.5. The summed E-state index contributed by atoms with van der Waals surface area (Å²) < 4.78 is 1.83. The van der Waals surface area contributed by atoms with Crippen molar-refractivity contribution >= 4 is 29.2 Å². The summed E-state index contributed by atoms with van der Waals surface area (Å²) in [6.07, 6.45) is 5.64. The van der Waals surface area contributed by atoms with E-state index in [1.165, 1.54) is 0 Å². The molecule has 1 aliphatic heterocycles. The zero-order valence-electron chi connectivity index (χ0n) is 19.6. The minimum absolute atomic E-state index is 0.199. The van der Waals surface area contributed by atoms with Gasteiger partial charge in [0, 0.05) is 36.3 Å². The van der Waals surface area contributed by atoms with Crippen LogP contribution < -0.4 is 5.32 Å². The van der Waals surface area contributed by atoms with Gasteiger partial charge in [0.1, 0.15) is 6.04 Å². The number of imidazole rings is 1. The van der Waals surface area contributed by atoms with Gasteiger partial charge in [-0.2, -0.15) is 0 Å². The maximum Gasteiger partial charge on any atom is 0.262 e. The minimum atomic E-state index is -1.01. The number of imide groups is 1. The molecule has 37 heavy (non-hydrogen) atoms. The van der Waals surface area contributed by atoms with Gasteiger partial charge in [-0.3, -0.25) is 23.7 Å². The smallest absolute Gasteiger partial charge is 0.262 e. The fourth-order valence-electron chi connectivity index (χ4n) is 4.55. The molecule has 0 bridgehead atoms. The molecule has 1 atom stereocenters. The monoisotopic (exact) mass is 487 g/mol. The van der Waals surface area contributed by atoms with Crippen LogP contribution in [0.5, 0.6) is 0 Å². The van der Waals surface area contributed by atoms with E-state index in [4.69, 9.17) is 0 Å². The van der Waals surface area contributed by atoms with Gasteiger partial charge in [0.05, 0.1) is 16.8 Å². The summed E-state index contributed by atoms with van der Waals surface area (Å²) in [7, 11) is 0. The minimum Gasteiger partial charge on any atom is -0.324 e. The van der Waals surface area contributed by atoms with Gasteiger partial charge >= 0.3 is 0 Å². The van der Waals surface area contributed by atoms with Crippen LogP contribution >= 0.6 is 0 Å². The highest BCUT2D eigenvalue weighted by molar-refractivity contribution is 6.23. The second kappa shape index (κ2) is 9.16. The normalized spacial score (nSPS) is 13.6. The highest BCUT2D eigenvalue weighted by atomic mass is 16.2. The molecule has 180 valence electrons. The predicted octanol–water partition coefficient (Wildman–Crippen LogP) is 4.24. The summed E-state index contributed by atoms with van der Waals surface area (Å²) in [4.78, 5) is 49.7. The number of hydrogen-bond donors (Lipinski definition) is 1. The molecule has 0 radical (unpaired) electrons. The summed E-state index contributed by atoms with van der Waals surface area (Å²) in [5.74, 6) is -0.775. The number of rotatable bonds is 6. The lowest BCUT2D eigenvalue weighted by atomic mass is 10.0. The molecule has 3 heterocycles. The Morgan fingerprint density at radius 1 is 0.838 bits per heavy atom. The van der Waals surface area contributed by atoms with Crippen LogP contribution in [0.1, 0.15) is 26.3 Å². The first-order valence-electron chi connectivity index (χ1n) is 11.8. The van der Waals surface area contributed by atoms with Gasteiger partial charge in [-0.05, 0) is 35.9 Å². The Hall–Kier alpha value is -5.11. The van der Waals surface area contributed by atoms with Crippen LogP contribution in [0.3, 0.4) is 0 Å². The van der Waals surface area contributed by atoms with E-state index in [-0.39, 0.29) is 6.42 Å². The molecule has 3 amide bonds. The number of carbonyl (C=O) groups excluding carboxylic acids is 3. The summed E-state index contributed by atoms with van der Waals surface area (Å²) >= 11 is 0. The number of nitrogens with one attached hydrogen (secondary N) is 1. The molecular formula is C29H21N5O3. The second-order valence-electron chi connectivity index (χ2n) is 8.75. The third-order valence-electron chi connectivity index (χ3n) is 6.40. The zero-order valence-corrected chi connectivity index (χ0v) is 19.6. The van der Waals surface area contributed by atoms with Gasteiger partial charge in [0.2, 0.25) is 11.7 Å². The summed E-state index contributed by atoms with van der Waals surface area (Å²) in [6, 6.07) is 24.0. The molecule has 5 aromatic rings. The average molecular weight is 488 g/mol. The Balaban J connectivity index is 1.27. The molecule has 0 saturated heterocycles.